The highest BCUT2D eigenvalue weighted by atomic mass is 32.2. The van der Waals surface area contributed by atoms with Crippen molar-refractivity contribution in [2.75, 3.05) is 29.6 Å². The molecule has 0 radical (unpaired) electrons. The lowest BCUT2D eigenvalue weighted by Crippen LogP contribution is -2.57. The van der Waals surface area contributed by atoms with Gasteiger partial charge in [0.15, 0.2) is 0 Å². The molecule has 2 aliphatic rings. The summed E-state index contributed by atoms with van der Waals surface area (Å²) in [4.78, 5) is 13.7. The first-order valence-corrected chi connectivity index (χ1v) is 13.8. The average Bonchev–Trinajstić information content (AvgIpc) is 3.28. The number of nitrogens with zero attached hydrogens (tertiary/aromatic N) is 2. The van der Waals surface area contributed by atoms with E-state index in [-0.39, 0.29) is 11.7 Å². The smallest absolute Gasteiger partial charge is 0.311 e. The molecule has 0 bridgehead atoms. The van der Waals surface area contributed by atoms with Crippen molar-refractivity contribution >= 4 is 33.1 Å². The van der Waals surface area contributed by atoms with E-state index in [1.165, 1.54) is 7.11 Å². The van der Waals surface area contributed by atoms with E-state index in [4.69, 9.17) is 13.7 Å². The molecule has 0 saturated carbocycles. The molecule has 2 heterocycles. The summed E-state index contributed by atoms with van der Waals surface area (Å²) in [6.45, 7) is 7.25. The number of para-hydroxylation sites is 2. The molecule has 3 aromatic carbocycles. The van der Waals surface area contributed by atoms with E-state index >= 15 is 0 Å². The lowest BCUT2D eigenvalue weighted by Gasteiger charge is -2.41. The molecule has 2 aliphatic heterocycles. The molecular formula is C28H31N3O6S. The van der Waals surface area contributed by atoms with Gasteiger partial charge in [0.2, 0.25) is 0 Å². The van der Waals surface area contributed by atoms with Crippen molar-refractivity contribution < 1.29 is 26.9 Å². The van der Waals surface area contributed by atoms with Crippen molar-refractivity contribution in [1.82, 2.24) is 0 Å². The minimum atomic E-state index is -3.76. The zero-order valence-corrected chi connectivity index (χ0v) is 23.0. The van der Waals surface area contributed by atoms with E-state index in [1.807, 2.05) is 55.3 Å². The molecule has 0 fully saturated rings. The van der Waals surface area contributed by atoms with Crippen LogP contribution in [0.5, 0.6) is 17.2 Å². The van der Waals surface area contributed by atoms with Gasteiger partial charge in [-0.15, -0.1) is 0 Å². The van der Waals surface area contributed by atoms with Crippen LogP contribution in [0.2, 0.25) is 0 Å². The van der Waals surface area contributed by atoms with Crippen molar-refractivity contribution in [3.8, 4) is 28.4 Å². The van der Waals surface area contributed by atoms with Crippen LogP contribution < -0.4 is 29.0 Å². The van der Waals surface area contributed by atoms with Gasteiger partial charge in [-0.05, 0) is 63.6 Å². The fourth-order valence-electron chi connectivity index (χ4n) is 4.81. The van der Waals surface area contributed by atoms with Gasteiger partial charge in [-0.1, -0.05) is 18.2 Å². The van der Waals surface area contributed by atoms with Crippen LogP contribution in [0.25, 0.3) is 11.1 Å². The largest absolute Gasteiger partial charge is 0.496 e. The maximum Gasteiger partial charge on any atom is 0.311 e. The molecule has 0 saturated heterocycles. The Balaban J connectivity index is 1.66. The Kier molecular flexibility index (Phi) is 6.18. The summed E-state index contributed by atoms with van der Waals surface area (Å²) in [6.07, 6.45) is 0. The fraction of sp³-hybridized carbons (Fsp3) is 0.321. The van der Waals surface area contributed by atoms with Crippen LogP contribution >= 0.6 is 0 Å². The highest BCUT2D eigenvalue weighted by Gasteiger charge is 2.47. The van der Waals surface area contributed by atoms with E-state index in [0.29, 0.717) is 18.0 Å². The number of hydrogen-bond donors (Lipinski definition) is 1. The molecule has 1 amide bonds. The summed E-state index contributed by atoms with van der Waals surface area (Å²) < 4.78 is 41.2. The molecule has 3 aromatic rings. The number of hydrazine groups is 1. The fourth-order valence-corrected chi connectivity index (χ4v) is 5.38. The van der Waals surface area contributed by atoms with Crippen molar-refractivity contribution in [2.45, 2.75) is 45.0 Å². The molecule has 0 spiro atoms. The van der Waals surface area contributed by atoms with Crippen molar-refractivity contribution in [3.05, 3.63) is 60.2 Å². The number of hydrogen-bond acceptors (Lipinski definition) is 8. The third kappa shape index (κ3) is 4.09. The Labute approximate surface area is 223 Å². The predicted octanol–water partition coefficient (Wildman–Crippen LogP) is 4.96. The summed E-state index contributed by atoms with van der Waals surface area (Å²) >= 11 is 0. The number of carbonyl (C=O) groups excluding carboxylic acids is 1. The second kappa shape index (κ2) is 9.13. The first-order valence-electron chi connectivity index (χ1n) is 12.3. The molecule has 0 aliphatic carbocycles. The SMILES string of the molecule is COc1cc(OS(=O)(=O)C(C)C)ccc1-c1ccc2c3c1CN(c1ccccc1OC)N3C(=O)C(C)(C)N2. The molecule has 38 heavy (non-hydrogen) atoms. The maximum atomic E-state index is 13.7. The zero-order valence-electron chi connectivity index (χ0n) is 22.2. The van der Waals surface area contributed by atoms with E-state index in [2.05, 4.69) is 5.32 Å². The van der Waals surface area contributed by atoms with Gasteiger partial charge in [0.25, 0.3) is 5.91 Å². The van der Waals surface area contributed by atoms with Crippen molar-refractivity contribution in [3.63, 3.8) is 0 Å². The number of nitrogens with one attached hydrogen (secondary N) is 1. The number of rotatable bonds is 7. The highest BCUT2D eigenvalue weighted by molar-refractivity contribution is 7.87. The van der Waals surface area contributed by atoms with Gasteiger partial charge in [0.05, 0.1) is 37.4 Å². The minimum absolute atomic E-state index is 0.0959. The van der Waals surface area contributed by atoms with Crippen LogP contribution in [0.15, 0.2) is 54.6 Å². The zero-order chi connectivity index (χ0) is 27.4. The Morgan fingerprint density at radius 1 is 0.947 bits per heavy atom. The van der Waals surface area contributed by atoms with Crippen molar-refractivity contribution in [1.29, 1.82) is 0 Å². The molecule has 200 valence electrons. The number of benzene rings is 3. The summed E-state index contributed by atoms with van der Waals surface area (Å²) in [6, 6.07) is 16.5. The van der Waals surface area contributed by atoms with Crippen LogP contribution in [0, 0.1) is 0 Å². The minimum Gasteiger partial charge on any atom is -0.496 e. The Morgan fingerprint density at radius 3 is 2.32 bits per heavy atom. The van der Waals surface area contributed by atoms with Gasteiger partial charge >= 0.3 is 10.1 Å². The summed E-state index contributed by atoms with van der Waals surface area (Å²) in [5.41, 5.74) is 4.08. The molecule has 1 N–H and O–H groups in total. The Bertz CT molecular complexity index is 1530. The monoisotopic (exact) mass is 537 g/mol. The number of carbonyl (C=O) groups is 1. The van der Waals surface area contributed by atoms with E-state index in [0.717, 1.165) is 33.8 Å². The van der Waals surface area contributed by atoms with Gasteiger partial charge in [0, 0.05) is 17.2 Å². The van der Waals surface area contributed by atoms with Gasteiger partial charge in [0.1, 0.15) is 28.5 Å². The van der Waals surface area contributed by atoms with E-state index in [9.17, 15) is 13.2 Å². The summed E-state index contributed by atoms with van der Waals surface area (Å²) in [7, 11) is -0.627. The molecule has 5 rings (SSSR count). The second-order valence-electron chi connectivity index (χ2n) is 10.1. The Hall–Kier alpha value is -3.92. The first-order chi connectivity index (χ1) is 18.0. The summed E-state index contributed by atoms with van der Waals surface area (Å²) in [5, 5.41) is 6.35. The molecule has 0 unspecified atom stereocenters. The van der Waals surface area contributed by atoms with Crippen LogP contribution in [0.4, 0.5) is 17.1 Å². The lowest BCUT2D eigenvalue weighted by molar-refractivity contribution is -0.122. The predicted molar refractivity (Wildman–Crippen MR) is 147 cm³/mol. The van der Waals surface area contributed by atoms with Crippen LogP contribution in [-0.4, -0.2) is 39.3 Å². The normalized spacial score (nSPS) is 15.8. The summed E-state index contributed by atoms with van der Waals surface area (Å²) in [5.74, 6) is 1.18. The van der Waals surface area contributed by atoms with Crippen LogP contribution in [-0.2, 0) is 21.5 Å². The molecule has 9 nitrogen and oxygen atoms in total. The average molecular weight is 538 g/mol. The van der Waals surface area contributed by atoms with Crippen LogP contribution in [0.3, 0.4) is 0 Å². The number of amides is 1. The molecule has 0 atom stereocenters. The first kappa shape index (κ1) is 25.7. The topological polar surface area (TPSA) is 97.4 Å². The molecule has 0 aromatic heterocycles. The van der Waals surface area contributed by atoms with Gasteiger partial charge in [-0.25, -0.2) is 5.01 Å². The van der Waals surface area contributed by atoms with Gasteiger partial charge in [-0.3, -0.25) is 9.80 Å². The second-order valence-corrected chi connectivity index (χ2v) is 12.2. The third-order valence-electron chi connectivity index (χ3n) is 6.83. The molecule has 10 heteroatoms. The van der Waals surface area contributed by atoms with Gasteiger partial charge < -0.3 is 19.0 Å². The van der Waals surface area contributed by atoms with E-state index in [1.54, 1.807) is 44.2 Å². The number of ether oxygens (including phenoxy) is 2. The van der Waals surface area contributed by atoms with Crippen LogP contribution in [0.1, 0.15) is 33.3 Å². The standard InChI is InChI=1S/C28H31N3O6S/c1-17(2)38(33,34)37-18-11-12-20(25(15-18)36-6)19-13-14-22-26-21(19)16-30(23-9-7-8-10-24(23)35-5)31(26)27(32)28(3,4)29-22/h7-15,17,29H,16H2,1-6H3. The Morgan fingerprint density at radius 2 is 1.63 bits per heavy atom. The number of methoxy groups -OCH3 is 2. The number of anilines is 3. The van der Waals surface area contributed by atoms with E-state index < -0.39 is 20.9 Å². The quantitative estimate of drug-likeness (QED) is 0.423. The van der Waals surface area contributed by atoms with Gasteiger partial charge in [-0.2, -0.15) is 8.42 Å². The highest BCUT2D eigenvalue weighted by Crippen LogP contribution is 2.51. The lowest BCUT2D eigenvalue weighted by atomic mass is 9.93. The third-order valence-corrected chi connectivity index (χ3v) is 8.41. The molecular weight excluding hydrogens is 506 g/mol. The maximum absolute atomic E-state index is 13.7. The van der Waals surface area contributed by atoms with Crippen molar-refractivity contribution in [2.24, 2.45) is 0 Å².